The second kappa shape index (κ2) is 6.64. The van der Waals surface area contributed by atoms with Gasteiger partial charge in [-0.1, -0.05) is 0 Å². The van der Waals surface area contributed by atoms with Gasteiger partial charge in [-0.05, 0) is 25.5 Å². The number of ketones is 1. The van der Waals surface area contributed by atoms with Gasteiger partial charge in [0.05, 0.1) is 19.3 Å². The Morgan fingerprint density at radius 2 is 2.06 bits per heavy atom. The molecule has 1 rings (SSSR count). The second-order valence-corrected chi connectivity index (χ2v) is 3.76. The molecular formula is C13H16O5. The van der Waals surface area contributed by atoms with Gasteiger partial charge in [0.25, 0.3) is 0 Å². The zero-order chi connectivity index (χ0) is 13.5. The maximum Gasteiger partial charge on any atom is 0.303 e. The fourth-order valence-corrected chi connectivity index (χ4v) is 1.45. The quantitative estimate of drug-likeness (QED) is 0.594. The van der Waals surface area contributed by atoms with E-state index in [2.05, 4.69) is 0 Å². The van der Waals surface area contributed by atoms with Gasteiger partial charge in [-0.3, -0.25) is 9.59 Å². The minimum absolute atomic E-state index is 0.0410. The lowest BCUT2D eigenvalue weighted by molar-refractivity contribution is -0.137. The van der Waals surface area contributed by atoms with Crippen LogP contribution in [0, 0.1) is 0 Å². The number of methoxy groups -OCH3 is 1. The summed E-state index contributed by atoms with van der Waals surface area (Å²) in [7, 11) is 1.52. The van der Waals surface area contributed by atoms with Gasteiger partial charge in [0.1, 0.15) is 11.5 Å². The number of Topliss-reactive ketones (excluding diaryl/α,β-unsaturated/α-hetero) is 1. The van der Waals surface area contributed by atoms with Gasteiger partial charge in [-0.2, -0.15) is 0 Å². The molecule has 0 aliphatic rings. The molecule has 0 heterocycles. The monoisotopic (exact) mass is 252 g/mol. The molecular weight excluding hydrogens is 236 g/mol. The Labute approximate surface area is 105 Å². The number of ether oxygens (including phenoxy) is 2. The van der Waals surface area contributed by atoms with Gasteiger partial charge in [0, 0.05) is 12.5 Å². The minimum atomic E-state index is -0.865. The van der Waals surface area contributed by atoms with E-state index in [0.717, 1.165) is 0 Å². The van der Waals surface area contributed by atoms with Crippen LogP contribution >= 0.6 is 0 Å². The van der Waals surface area contributed by atoms with Crippen LogP contribution in [0.15, 0.2) is 18.2 Å². The van der Waals surface area contributed by atoms with Gasteiger partial charge in [0.15, 0.2) is 5.78 Å². The molecule has 0 amide bonds. The molecule has 0 saturated heterocycles. The number of hydrogen-bond donors (Lipinski definition) is 1. The largest absolute Gasteiger partial charge is 0.497 e. The fourth-order valence-electron chi connectivity index (χ4n) is 1.45. The standard InChI is InChI=1S/C13H16O5/c1-9(14)11-6-5-10(17-2)8-12(11)18-7-3-4-13(15)16/h5-6,8H,3-4,7H2,1-2H3,(H,15,16). The summed E-state index contributed by atoms with van der Waals surface area (Å²) in [4.78, 5) is 21.7. The first-order valence-corrected chi connectivity index (χ1v) is 5.58. The molecule has 0 atom stereocenters. The third-order valence-corrected chi connectivity index (χ3v) is 2.36. The molecule has 5 heteroatoms. The van der Waals surface area contributed by atoms with Crippen molar-refractivity contribution in [2.75, 3.05) is 13.7 Å². The Morgan fingerprint density at radius 3 is 2.61 bits per heavy atom. The first-order valence-electron chi connectivity index (χ1n) is 5.58. The normalized spacial score (nSPS) is 9.89. The molecule has 0 saturated carbocycles. The molecule has 1 aromatic carbocycles. The molecule has 0 aliphatic carbocycles. The molecule has 18 heavy (non-hydrogen) atoms. The molecule has 0 unspecified atom stereocenters. The third-order valence-electron chi connectivity index (χ3n) is 2.36. The summed E-state index contributed by atoms with van der Waals surface area (Å²) in [6.07, 6.45) is 0.434. The van der Waals surface area contributed by atoms with E-state index in [-0.39, 0.29) is 18.8 Å². The van der Waals surface area contributed by atoms with E-state index in [1.54, 1.807) is 18.2 Å². The van der Waals surface area contributed by atoms with Crippen LogP contribution in [-0.2, 0) is 4.79 Å². The van der Waals surface area contributed by atoms with Crippen LogP contribution < -0.4 is 9.47 Å². The van der Waals surface area contributed by atoms with Gasteiger partial charge in [0.2, 0.25) is 0 Å². The van der Waals surface area contributed by atoms with E-state index in [1.807, 2.05) is 0 Å². The third kappa shape index (κ3) is 4.08. The minimum Gasteiger partial charge on any atom is -0.497 e. The van der Waals surface area contributed by atoms with Gasteiger partial charge in [-0.25, -0.2) is 0 Å². The van der Waals surface area contributed by atoms with Crippen LogP contribution in [0.2, 0.25) is 0 Å². The number of hydrogen-bond acceptors (Lipinski definition) is 4. The molecule has 98 valence electrons. The maximum absolute atomic E-state index is 11.4. The van der Waals surface area contributed by atoms with Crippen molar-refractivity contribution >= 4 is 11.8 Å². The molecule has 0 radical (unpaired) electrons. The first kappa shape index (κ1) is 14.0. The summed E-state index contributed by atoms with van der Waals surface area (Å²) < 4.78 is 10.5. The van der Waals surface area contributed by atoms with Crippen molar-refractivity contribution in [3.8, 4) is 11.5 Å². The van der Waals surface area contributed by atoms with Crippen molar-refractivity contribution in [3.05, 3.63) is 23.8 Å². The van der Waals surface area contributed by atoms with Crippen LogP contribution in [0.5, 0.6) is 11.5 Å². The zero-order valence-corrected chi connectivity index (χ0v) is 10.4. The Kier molecular flexibility index (Phi) is 5.17. The Morgan fingerprint density at radius 1 is 1.33 bits per heavy atom. The highest BCUT2D eigenvalue weighted by molar-refractivity contribution is 5.97. The molecule has 5 nitrogen and oxygen atoms in total. The molecule has 0 aliphatic heterocycles. The van der Waals surface area contributed by atoms with Crippen molar-refractivity contribution in [2.45, 2.75) is 19.8 Å². The average Bonchev–Trinajstić information content (AvgIpc) is 2.33. The number of carbonyl (C=O) groups is 2. The number of aliphatic carboxylic acids is 1. The summed E-state index contributed by atoms with van der Waals surface area (Å²) in [5, 5.41) is 8.51. The van der Waals surface area contributed by atoms with Crippen molar-refractivity contribution in [3.63, 3.8) is 0 Å². The van der Waals surface area contributed by atoms with Crippen LogP contribution in [0.1, 0.15) is 30.1 Å². The van der Waals surface area contributed by atoms with E-state index >= 15 is 0 Å². The van der Waals surface area contributed by atoms with Gasteiger partial charge < -0.3 is 14.6 Å². The molecule has 0 spiro atoms. The SMILES string of the molecule is COc1ccc(C(C)=O)c(OCCCC(=O)O)c1. The number of benzene rings is 1. The topological polar surface area (TPSA) is 72.8 Å². The van der Waals surface area contributed by atoms with E-state index < -0.39 is 5.97 Å². The predicted molar refractivity (Wildman–Crippen MR) is 65.4 cm³/mol. The summed E-state index contributed by atoms with van der Waals surface area (Å²) in [6, 6.07) is 4.94. The van der Waals surface area contributed by atoms with Crippen LogP contribution in [-0.4, -0.2) is 30.6 Å². The predicted octanol–water partition coefficient (Wildman–Crippen LogP) is 2.14. The molecule has 0 aromatic heterocycles. The number of carbonyl (C=O) groups excluding carboxylic acids is 1. The molecule has 1 N–H and O–H groups in total. The number of carboxylic acid groups (broad SMARTS) is 1. The Hall–Kier alpha value is -2.04. The molecule has 0 bridgehead atoms. The molecule has 0 fully saturated rings. The van der Waals surface area contributed by atoms with E-state index in [1.165, 1.54) is 14.0 Å². The number of rotatable bonds is 7. The maximum atomic E-state index is 11.4. The Balaban J connectivity index is 2.71. The van der Waals surface area contributed by atoms with Crippen LogP contribution in [0.3, 0.4) is 0 Å². The lowest BCUT2D eigenvalue weighted by Crippen LogP contribution is -2.05. The fraction of sp³-hybridized carbons (Fsp3) is 0.385. The lowest BCUT2D eigenvalue weighted by Gasteiger charge is -2.10. The van der Waals surface area contributed by atoms with Crippen molar-refractivity contribution < 1.29 is 24.2 Å². The Bertz CT molecular complexity index is 439. The van der Waals surface area contributed by atoms with Crippen molar-refractivity contribution in [1.29, 1.82) is 0 Å². The first-order chi connectivity index (χ1) is 8.54. The summed E-state index contributed by atoms with van der Waals surface area (Å²) in [5.74, 6) is 0.0439. The van der Waals surface area contributed by atoms with Crippen LogP contribution in [0.4, 0.5) is 0 Å². The van der Waals surface area contributed by atoms with E-state index in [4.69, 9.17) is 14.6 Å². The van der Waals surface area contributed by atoms with Gasteiger partial charge >= 0.3 is 5.97 Å². The summed E-state index contributed by atoms with van der Waals surface area (Å²) in [6.45, 7) is 1.70. The average molecular weight is 252 g/mol. The van der Waals surface area contributed by atoms with Gasteiger partial charge in [-0.15, -0.1) is 0 Å². The van der Waals surface area contributed by atoms with Crippen molar-refractivity contribution in [2.24, 2.45) is 0 Å². The van der Waals surface area contributed by atoms with E-state index in [0.29, 0.717) is 23.5 Å². The lowest BCUT2D eigenvalue weighted by atomic mass is 10.1. The summed E-state index contributed by atoms with van der Waals surface area (Å²) >= 11 is 0. The highest BCUT2D eigenvalue weighted by Gasteiger charge is 2.10. The number of carboxylic acids is 1. The van der Waals surface area contributed by atoms with Crippen molar-refractivity contribution in [1.82, 2.24) is 0 Å². The summed E-state index contributed by atoms with van der Waals surface area (Å²) in [5.41, 5.74) is 0.464. The molecule has 1 aromatic rings. The van der Waals surface area contributed by atoms with E-state index in [9.17, 15) is 9.59 Å². The van der Waals surface area contributed by atoms with Crippen LogP contribution in [0.25, 0.3) is 0 Å². The zero-order valence-electron chi connectivity index (χ0n) is 10.4. The smallest absolute Gasteiger partial charge is 0.303 e. The highest BCUT2D eigenvalue weighted by Crippen LogP contribution is 2.25. The highest BCUT2D eigenvalue weighted by atomic mass is 16.5. The second-order valence-electron chi connectivity index (χ2n) is 3.76.